The third-order valence-corrected chi connectivity index (χ3v) is 3.14. The van der Waals surface area contributed by atoms with E-state index >= 15 is 0 Å². The first-order valence-electron chi connectivity index (χ1n) is 6.34. The van der Waals surface area contributed by atoms with Gasteiger partial charge in [-0.05, 0) is 20.3 Å². The summed E-state index contributed by atoms with van der Waals surface area (Å²) in [6.07, 6.45) is -4.84. The zero-order valence-corrected chi connectivity index (χ0v) is 12.7. The fraction of sp³-hybridized carbons (Fsp3) is 0.667. The van der Waals surface area contributed by atoms with Gasteiger partial charge in [0.25, 0.3) is 5.91 Å². The minimum absolute atomic E-state index is 0.0405. The Morgan fingerprint density at radius 3 is 1.87 bits per heavy atom. The van der Waals surface area contributed by atoms with Gasteiger partial charge in [0.15, 0.2) is 0 Å². The number of carboxylic acid groups (broad SMARTS) is 2. The number of imide groups is 1. The maximum absolute atomic E-state index is 11.8. The smallest absolute Gasteiger partial charge is 0.481 e. The number of hydrogen-bond acceptors (Lipinski definition) is 4. The Morgan fingerprint density at radius 2 is 1.61 bits per heavy atom. The van der Waals surface area contributed by atoms with Crippen LogP contribution in [0, 0.1) is 0 Å². The van der Waals surface area contributed by atoms with E-state index in [0.717, 1.165) is 4.90 Å². The lowest BCUT2D eigenvalue weighted by molar-refractivity contribution is -0.192. The minimum atomic E-state index is -5.08. The maximum Gasteiger partial charge on any atom is 0.490 e. The molecular weight excluding hydrogens is 325 g/mol. The van der Waals surface area contributed by atoms with E-state index in [-0.39, 0.29) is 31.3 Å². The van der Waals surface area contributed by atoms with E-state index in [4.69, 9.17) is 15.0 Å². The molecule has 0 unspecified atom stereocenters. The molecule has 132 valence electrons. The van der Waals surface area contributed by atoms with Crippen LogP contribution >= 0.6 is 0 Å². The number of carbonyl (C=O) groups is 4. The number of carboxylic acids is 2. The van der Waals surface area contributed by atoms with E-state index in [2.05, 4.69) is 0 Å². The van der Waals surface area contributed by atoms with Crippen molar-refractivity contribution in [1.82, 2.24) is 9.80 Å². The molecule has 0 bridgehead atoms. The van der Waals surface area contributed by atoms with Gasteiger partial charge in [0.2, 0.25) is 0 Å². The van der Waals surface area contributed by atoms with Crippen LogP contribution in [0.1, 0.15) is 26.7 Å². The Bertz CT molecular complexity index is 504. The summed E-state index contributed by atoms with van der Waals surface area (Å²) in [5.41, 5.74) is -0.833. The number of likely N-dealkylation sites (N-methyl/N-ethyl adjacent to an activating group) is 1. The minimum Gasteiger partial charge on any atom is -0.481 e. The summed E-state index contributed by atoms with van der Waals surface area (Å²) in [6, 6.07) is -0.361. The summed E-state index contributed by atoms with van der Waals surface area (Å²) in [6.45, 7) is 3.51. The van der Waals surface area contributed by atoms with Crippen molar-refractivity contribution in [3.05, 3.63) is 0 Å². The molecule has 11 heteroatoms. The molecular formula is C12H17F3N2O6. The largest absolute Gasteiger partial charge is 0.490 e. The van der Waals surface area contributed by atoms with Crippen LogP contribution in [0.5, 0.6) is 0 Å². The number of aliphatic carboxylic acids is 2. The molecule has 0 saturated carbocycles. The summed E-state index contributed by atoms with van der Waals surface area (Å²) < 4.78 is 31.7. The number of halogens is 3. The number of rotatable bonds is 4. The Hall–Kier alpha value is -2.33. The quantitative estimate of drug-likeness (QED) is 0.741. The van der Waals surface area contributed by atoms with E-state index < -0.39 is 23.7 Å². The Labute approximate surface area is 129 Å². The van der Waals surface area contributed by atoms with Gasteiger partial charge < -0.3 is 15.1 Å². The molecule has 8 nitrogen and oxygen atoms in total. The first-order chi connectivity index (χ1) is 10.2. The van der Waals surface area contributed by atoms with Crippen LogP contribution < -0.4 is 0 Å². The molecule has 0 spiro atoms. The van der Waals surface area contributed by atoms with Gasteiger partial charge in [0.1, 0.15) is 5.54 Å². The molecule has 3 amide bonds. The first-order valence-corrected chi connectivity index (χ1v) is 6.34. The van der Waals surface area contributed by atoms with Crippen molar-refractivity contribution in [3.63, 3.8) is 0 Å². The molecule has 0 aromatic heterocycles. The topological polar surface area (TPSA) is 115 Å². The van der Waals surface area contributed by atoms with Crippen LogP contribution in [0.25, 0.3) is 0 Å². The number of urea groups is 1. The molecule has 1 aliphatic rings. The standard InChI is InChI=1S/C10H16N2O4.C2HF3O2/c1-10(2)8(15)12(9(16)11(10)3)6-4-5-7(13)14;3-2(4,5)1(6)7/h4-6H2,1-3H3,(H,13,14);(H,6,7). The predicted molar refractivity (Wildman–Crippen MR) is 69.5 cm³/mol. The van der Waals surface area contributed by atoms with Gasteiger partial charge >= 0.3 is 24.1 Å². The molecule has 1 saturated heterocycles. The third kappa shape index (κ3) is 5.42. The molecule has 1 aliphatic heterocycles. The van der Waals surface area contributed by atoms with E-state index in [1.165, 1.54) is 4.90 Å². The number of nitrogens with zero attached hydrogens (tertiary/aromatic N) is 2. The van der Waals surface area contributed by atoms with Crippen LogP contribution in [-0.4, -0.2) is 69.2 Å². The normalized spacial score (nSPS) is 17.0. The van der Waals surface area contributed by atoms with Crippen molar-refractivity contribution >= 4 is 23.9 Å². The van der Waals surface area contributed by atoms with Crippen molar-refractivity contribution in [3.8, 4) is 0 Å². The molecule has 2 N–H and O–H groups in total. The van der Waals surface area contributed by atoms with Crippen LogP contribution in [-0.2, 0) is 14.4 Å². The molecule has 0 aliphatic carbocycles. The Morgan fingerprint density at radius 1 is 1.17 bits per heavy atom. The molecule has 0 aromatic carbocycles. The molecule has 1 fully saturated rings. The van der Waals surface area contributed by atoms with Crippen molar-refractivity contribution < 1.29 is 42.6 Å². The van der Waals surface area contributed by atoms with Gasteiger partial charge in [-0.15, -0.1) is 0 Å². The van der Waals surface area contributed by atoms with E-state index in [1.807, 2.05) is 0 Å². The molecule has 23 heavy (non-hydrogen) atoms. The summed E-state index contributed by atoms with van der Waals surface area (Å²) in [5.74, 6) is -3.95. The second kappa shape index (κ2) is 7.29. The van der Waals surface area contributed by atoms with Crippen molar-refractivity contribution in [2.24, 2.45) is 0 Å². The Balaban J connectivity index is 0.000000585. The zero-order chi connectivity index (χ0) is 18.6. The fourth-order valence-electron chi connectivity index (χ4n) is 1.57. The van der Waals surface area contributed by atoms with Gasteiger partial charge in [-0.3, -0.25) is 14.5 Å². The highest BCUT2D eigenvalue weighted by atomic mass is 19.4. The van der Waals surface area contributed by atoms with Gasteiger partial charge in [0, 0.05) is 20.0 Å². The highest BCUT2D eigenvalue weighted by Crippen LogP contribution is 2.25. The zero-order valence-electron chi connectivity index (χ0n) is 12.7. The lowest BCUT2D eigenvalue weighted by Crippen LogP contribution is -2.41. The van der Waals surface area contributed by atoms with Crippen molar-refractivity contribution in [2.75, 3.05) is 13.6 Å². The second-order valence-corrected chi connectivity index (χ2v) is 5.16. The maximum atomic E-state index is 11.8. The number of carbonyl (C=O) groups excluding carboxylic acids is 2. The summed E-state index contributed by atoms with van der Waals surface area (Å²) >= 11 is 0. The highest BCUT2D eigenvalue weighted by Gasteiger charge is 2.48. The van der Waals surface area contributed by atoms with E-state index in [9.17, 15) is 27.6 Å². The molecule has 1 heterocycles. The molecule has 0 aromatic rings. The summed E-state index contributed by atoms with van der Waals surface area (Å²) in [5, 5.41) is 15.6. The van der Waals surface area contributed by atoms with Gasteiger partial charge in [-0.25, -0.2) is 9.59 Å². The van der Waals surface area contributed by atoms with Crippen LogP contribution in [0.4, 0.5) is 18.0 Å². The Kier molecular flexibility index (Phi) is 6.55. The predicted octanol–water partition coefficient (Wildman–Crippen LogP) is 1.16. The van der Waals surface area contributed by atoms with Crippen LogP contribution in [0.2, 0.25) is 0 Å². The van der Waals surface area contributed by atoms with E-state index in [1.54, 1.807) is 20.9 Å². The van der Waals surface area contributed by atoms with Crippen LogP contribution in [0.3, 0.4) is 0 Å². The SMILES string of the molecule is CN1C(=O)N(CCCC(=O)O)C(=O)C1(C)C.O=C(O)C(F)(F)F. The molecule has 0 radical (unpaired) electrons. The monoisotopic (exact) mass is 342 g/mol. The number of alkyl halides is 3. The van der Waals surface area contributed by atoms with Gasteiger partial charge in [-0.1, -0.05) is 0 Å². The van der Waals surface area contributed by atoms with E-state index in [0.29, 0.717) is 0 Å². The first kappa shape index (κ1) is 20.7. The van der Waals surface area contributed by atoms with Crippen molar-refractivity contribution in [1.29, 1.82) is 0 Å². The molecule has 1 rings (SSSR count). The third-order valence-electron chi connectivity index (χ3n) is 3.14. The van der Waals surface area contributed by atoms with Crippen LogP contribution in [0.15, 0.2) is 0 Å². The average Bonchev–Trinajstić information content (AvgIpc) is 2.52. The lowest BCUT2D eigenvalue weighted by atomic mass is 10.1. The lowest BCUT2D eigenvalue weighted by Gasteiger charge is -2.22. The second-order valence-electron chi connectivity index (χ2n) is 5.16. The number of hydrogen-bond donors (Lipinski definition) is 2. The average molecular weight is 342 g/mol. The van der Waals surface area contributed by atoms with Gasteiger partial charge in [0.05, 0.1) is 0 Å². The van der Waals surface area contributed by atoms with Gasteiger partial charge in [-0.2, -0.15) is 13.2 Å². The molecule has 0 atom stereocenters. The number of amides is 3. The summed E-state index contributed by atoms with van der Waals surface area (Å²) in [4.78, 5) is 45.2. The van der Waals surface area contributed by atoms with Crippen molar-refractivity contribution in [2.45, 2.75) is 38.4 Å². The fourth-order valence-corrected chi connectivity index (χ4v) is 1.57. The highest BCUT2D eigenvalue weighted by molar-refractivity contribution is 6.06. The summed E-state index contributed by atoms with van der Waals surface area (Å²) in [7, 11) is 1.57.